The molecule has 0 saturated carbocycles. The van der Waals surface area contributed by atoms with Gasteiger partial charge in [0.1, 0.15) is 0 Å². The number of rotatable bonds is 0. The van der Waals surface area contributed by atoms with Crippen LogP contribution in [0, 0.1) is 0 Å². The van der Waals surface area contributed by atoms with Crippen molar-refractivity contribution in [3.05, 3.63) is 0 Å². The zero-order chi connectivity index (χ0) is 3.58. The molecule has 4 heteroatoms. The molecule has 0 aliphatic heterocycles. The minimum absolute atomic E-state index is 0. The van der Waals surface area contributed by atoms with E-state index < -0.39 is 4.87 Å². The summed E-state index contributed by atoms with van der Waals surface area (Å²) in [5.74, 6) is 0. The van der Waals surface area contributed by atoms with Crippen LogP contribution < -0.4 is 0 Å². The van der Waals surface area contributed by atoms with Crippen molar-refractivity contribution in [1.82, 2.24) is 0 Å². The summed E-state index contributed by atoms with van der Waals surface area (Å²) in [4.78, 5) is 7.90. The van der Waals surface area contributed by atoms with Gasteiger partial charge in [-0.2, -0.15) is 0 Å². The third-order valence-corrected chi connectivity index (χ3v) is 0. The number of carboxylic acid groups (broad SMARTS) is 1. The fourth-order valence-corrected chi connectivity index (χ4v) is 0. The Hall–Kier alpha value is 0.613. The molecule has 0 aromatic rings. The van der Waals surface area contributed by atoms with Gasteiger partial charge in [-0.15, -0.1) is 0 Å². The molecule has 0 heterocycles. The smallest absolute Gasteiger partial charge is 0 e. The van der Waals surface area contributed by atoms with Crippen molar-refractivity contribution >= 4 is 4.87 Å². The summed E-state index contributed by atoms with van der Waals surface area (Å²) in [5, 5.41) is 7.33. The van der Waals surface area contributed by atoms with Crippen molar-refractivity contribution in [2.24, 2.45) is 0 Å². The largest absolute Gasteiger partial charge is 0 e. The van der Waals surface area contributed by atoms with Crippen LogP contribution in [0.1, 0.15) is 0 Å². The first-order chi connectivity index (χ1) is 1.73. The molecule has 5 heavy (non-hydrogen) atoms. The second-order valence-electron chi connectivity index (χ2n) is 0.253. The van der Waals surface area contributed by atoms with E-state index in [2.05, 4.69) is 16.0 Å². The van der Waals surface area contributed by atoms with E-state index in [0.29, 0.717) is 0 Å². The molecule has 0 aromatic carbocycles. The van der Waals surface area contributed by atoms with Crippen LogP contribution in [0.4, 0.5) is 4.79 Å². The van der Waals surface area contributed by atoms with Crippen LogP contribution in [0.25, 0.3) is 0 Å². The van der Waals surface area contributed by atoms with E-state index in [-0.39, 0.29) is 19.5 Å². The molecular weight excluding hydrogens is 164 g/mol. The first-order valence-electron chi connectivity index (χ1n) is 0.617. The molecule has 0 fully saturated rings. The van der Waals surface area contributed by atoms with Gasteiger partial charge in [0.2, 0.25) is 0 Å². The van der Waals surface area contributed by atoms with Gasteiger partial charge in [0, 0.05) is 19.5 Å². The Labute approximate surface area is 50.5 Å². The summed E-state index contributed by atoms with van der Waals surface area (Å²) < 4.78 is 0. The van der Waals surface area contributed by atoms with E-state index in [4.69, 9.17) is 9.90 Å². The van der Waals surface area contributed by atoms with Gasteiger partial charge in [0.25, 0.3) is 0 Å². The Morgan fingerprint density at radius 1 is 1.80 bits per heavy atom. The predicted octanol–water partition coefficient (Wildman–Crippen LogP) is 0.209. The Bertz CT molecular complexity index is 32.6. The van der Waals surface area contributed by atoms with E-state index in [9.17, 15) is 0 Å². The first kappa shape index (κ1) is 9.15. The zero-order valence-corrected chi connectivity index (χ0v) is 6.59. The van der Waals surface area contributed by atoms with Crippen LogP contribution in [-0.2, 0) is 35.5 Å². The summed E-state index contributed by atoms with van der Waals surface area (Å²) in [5.41, 5.74) is 0. The van der Waals surface area contributed by atoms with Gasteiger partial charge in [-0.1, -0.05) is 0 Å². The molecular formula is CHMnO2Zn. The summed E-state index contributed by atoms with van der Waals surface area (Å²) >= 11 is 2.19. The molecule has 0 saturated heterocycles. The van der Waals surface area contributed by atoms with Crippen molar-refractivity contribution in [3.8, 4) is 0 Å². The molecule has 0 aliphatic rings. The van der Waals surface area contributed by atoms with Crippen molar-refractivity contribution in [1.29, 1.82) is 0 Å². The summed E-state index contributed by atoms with van der Waals surface area (Å²) in [7, 11) is 0. The van der Waals surface area contributed by atoms with Crippen LogP contribution >= 0.6 is 0 Å². The fraction of sp³-hybridized carbons (Fsp3) is 0. The van der Waals surface area contributed by atoms with Gasteiger partial charge in [0.15, 0.2) is 0 Å². The molecule has 2 nitrogen and oxygen atoms in total. The van der Waals surface area contributed by atoms with E-state index >= 15 is 0 Å². The predicted molar refractivity (Wildman–Crippen MR) is 8.02 cm³/mol. The Balaban J connectivity index is 0. The molecule has 0 aromatic heterocycles. The van der Waals surface area contributed by atoms with Crippen molar-refractivity contribution in [2.75, 3.05) is 0 Å². The topological polar surface area (TPSA) is 37.3 Å². The normalized spacial score (nSPS) is 5.00. The van der Waals surface area contributed by atoms with E-state index in [0.717, 1.165) is 0 Å². The summed E-state index contributed by atoms with van der Waals surface area (Å²) in [6.45, 7) is 0. The van der Waals surface area contributed by atoms with Crippen LogP contribution in [0.5, 0.6) is 0 Å². The van der Waals surface area contributed by atoms with E-state index in [1.807, 2.05) is 0 Å². The Kier molecular flexibility index (Phi) is 8.44. The third-order valence-electron chi connectivity index (χ3n) is 0. The standard InChI is InChI=1S/CHO2.Mn.Zn/c2-1-3;;/h(H,2,3);;. The van der Waals surface area contributed by atoms with Gasteiger partial charge in [0.05, 0.1) is 0 Å². The SMILES string of the molecule is O=[C](O)[Mn].[Zn]. The molecule has 0 bridgehead atoms. The average Bonchev–Trinajstić information content (AvgIpc) is 0.811. The van der Waals surface area contributed by atoms with E-state index in [1.165, 1.54) is 0 Å². The van der Waals surface area contributed by atoms with Gasteiger partial charge >= 0.3 is 30.8 Å². The van der Waals surface area contributed by atoms with Crippen LogP contribution in [0.3, 0.4) is 0 Å². The van der Waals surface area contributed by atoms with E-state index in [1.54, 1.807) is 0 Å². The molecule has 0 rings (SSSR count). The first-order valence-corrected chi connectivity index (χ1v) is 1.21. The molecule has 0 atom stereocenters. The molecule has 0 unspecified atom stereocenters. The zero-order valence-electron chi connectivity index (χ0n) is 2.44. The Morgan fingerprint density at radius 2 is 1.80 bits per heavy atom. The molecule has 26 valence electrons. The van der Waals surface area contributed by atoms with Gasteiger partial charge in [-0.05, 0) is 0 Å². The quantitative estimate of drug-likeness (QED) is 0.521. The third kappa shape index (κ3) is 83.8. The number of hydrogen-bond donors (Lipinski definition) is 1. The maximum atomic E-state index is 8.92. The number of carbonyl (C=O) groups is 1. The summed E-state index contributed by atoms with van der Waals surface area (Å²) in [6.07, 6.45) is 0. The van der Waals surface area contributed by atoms with Crippen LogP contribution in [0.2, 0.25) is 0 Å². The second-order valence-corrected chi connectivity index (χ2v) is 0.758. The molecule has 0 amide bonds. The molecule has 1 N–H and O–H groups in total. The van der Waals surface area contributed by atoms with Crippen molar-refractivity contribution in [2.45, 2.75) is 0 Å². The van der Waals surface area contributed by atoms with Crippen LogP contribution in [0.15, 0.2) is 0 Å². The fourth-order valence-electron chi connectivity index (χ4n) is 0. The molecule has 0 aliphatic carbocycles. The monoisotopic (exact) mass is 164 g/mol. The average molecular weight is 165 g/mol. The molecule has 0 spiro atoms. The molecule has 0 radical (unpaired) electrons. The summed E-state index contributed by atoms with van der Waals surface area (Å²) in [6, 6.07) is 0. The minimum atomic E-state index is -1.02. The maximum absolute atomic E-state index is 8.92. The van der Waals surface area contributed by atoms with Crippen molar-refractivity contribution in [3.63, 3.8) is 0 Å². The Morgan fingerprint density at radius 3 is 1.80 bits per heavy atom. The second kappa shape index (κ2) is 4.61. The van der Waals surface area contributed by atoms with Crippen LogP contribution in [-0.4, -0.2) is 9.97 Å². The number of hydrogen-bond acceptors (Lipinski definition) is 1. The van der Waals surface area contributed by atoms with Gasteiger partial charge < -0.3 is 0 Å². The van der Waals surface area contributed by atoms with Gasteiger partial charge in [-0.3, -0.25) is 0 Å². The van der Waals surface area contributed by atoms with Crippen molar-refractivity contribution < 1.29 is 45.4 Å². The van der Waals surface area contributed by atoms with Gasteiger partial charge in [-0.25, -0.2) is 0 Å². The maximum Gasteiger partial charge on any atom is 0 e. The minimum Gasteiger partial charge on any atom is 0 e.